The number of amides is 1. The molecule has 1 amide bonds. The molecule has 7 nitrogen and oxygen atoms in total. The van der Waals surface area contributed by atoms with Crippen LogP contribution in [-0.2, 0) is 17.9 Å². The lowest BCUT2D eigenvalue weighted by atomic mass is 10.0. The van der Waals surface area contributed by atoms with Crippen LogP contribution in [0.1, 0.15) is 44.1 Å². The average Bonchev–Trinajstić information content (AvgIpc) is 3.42. The summed E-state index contributed by atoms with van der Waals surface area (Å²) >= 11 is 0. The Hall–Kier alpha value is -2.10. The number of carbonyl (C=O) groups excluding carboxylic acids is 1. The van der Waals surface area contributed by atoms with Crippen LogP contribution in [0.2, 0.25) is 0 Å². The summed E-state index contributed by atoms with van der Waals surface area (Å²) in [4.78, 5) is 16.4. The minimum atomic E-state index is -0.0986. The van der Waals surface area contributed by atoms with Crippen LogP contribution in [0.15, 0.2) is 47.7 Å². The molecule has 3 rings (SSSR count). The van der Waals surface area contributed by atoms with Gasteiger partial charge in [-0.1, -0.05) is 37.8 Å². The summed E-state index contributed by atoms with van der Waals surface area (Å²) in [5.41, 5.74) is 1.86. The lowest BCUT2D eigenvalue weighted by Crippen LogP contribution is -2.37. The van der Waals surface area contributed by atoms with E-state index in [2.05, 4.69) is 26.0 Å². The first-order chi connectivity index (χ1) is 14.2. The molecule has 0 saturated heterocycles. The van der Waals surface area contributed by atoms with Gasteiger partial charge >= 0.3 is 0 Å². The molecule has 0 atom stereocenters. The second kappa shape index (κ2) is 13.3. The van der Waals surface area contributed by atoms with E-state index >= 15 is 0 Å². The van der Waals surface area contributed by atoms with Crippen molar-refractivity contribution in [2.45, 2.75) is 51.6 Å². The maximum absolute atomic E-state index is 12.1. The van der Waals surface area contributed by atoms with E-state index in [0.717, 1.165) is 29.7 Å². The van der Waals surface area contributed by atoms with Crippen molar-refractivity contribution in [1.82, 2.24) is 20.4 Å². The van der Waals surface area contributed by atoms with Crippen LogP contribution in [0, 0.1) is 5.92 Å². The van der Waals surface area contributed by atoms with E-state index in [1.165, 1.54) is 38.5 Å². The van der Waals surface area contributed by atoms with Crippen molar-refractivity contribution in [3.8, 4) is 0 Å². The van der Waals surface area contributed by atoms with Crippen LogP contribution in [0.4, 0.5) is 5.69 Å². The van der Waals surface area contributed by atoms with Crippen molar-refractivity contribution >= 4 is 41.5 Å². The van der Waals surface area contributed by atoms with E-state index in [-0.39, 0.29) is 36.4 Å². The molecule has 1 heterocycles. The second-order valence-corrected chi connectivity index (χ2v) is 7.60. The van der Waals surface area contributed by atoms with Gasteiger partial charge in [-0.25, -0.2) is 0 Å². The minimum Gasteiger partial charge on any atom is -0.356 e. The van der Waals surface area contributed by atoms with Gasteiger partial charge in [0.15, 0.2) is 5.96 Å². The zero-order valence-electron chi connectivity index (χ0n) is 17.6. The molecule has 0 spiro atoms. The Balaban J connectivity index is 0.00000320. The van der Waals surface area contributed by atoms with Crippen molar-refractivity contribution in [1.29, 1.82) is 0 Å². The predicted octanol–water partition coefficient (Wildman–Crippen LogP) is 3.78. The van der Waals surface area contributed by atoms with Crippen molar-refractivity contribution in [2.24, 2.45) is 10.9 Å². The summed E-state index contributed by atoms with van der Waals surface area (Å²) in [6.07, 6.45) is 11.5. The van der Waals surface area contributed by atoms with Crippen molar-refractivity contribution in [3.63, 3.8) is 0 Å². The van der Waals surface area contributed by atoms with E-state index in [0.29, 0.717) is 6.54 Å². The highest BCUT2D eigenvalue weighted by molar-refractivity contribution is 14.0. The number of halogens is 1. The Morgan fingerprint density at radius 3 is 2.80 bits per heavy atom. The predicted molar refractivity (Wildman–Crippen MR) is 132 cm³/mol. The average molecular weight is 524 g/mol. The van der Waals surface area contributed by atoms with Gasteiger partial charge in [-0.2, -0.15) is 5.10 Å². The normalized spacial score (nSPS) is 14.2. The molecular weight excluding hydrogens is 491 g/mol. The number of aromatic nitrogens is 2. The van der Waals surface area contributed by atoms with E-state index in [9.17, 15) is 4.79 Å². The Morgan fingerprint density at radius 2 is 2.07 bits per heavy atom. The quantitative estimate of drug-likeness (QED) is 0.202. The molecule has 3 N–H and O–H groups in total. The van der Waals surface area contributed by atoms with Crippen LogP contribution < -0.4 is 16.0 Å². The van der Waals surface area contributed by atoms with Crippen molar-refractivity contribution in [3.05, 3.63) is 48.3 Å². The molecule has 1 aliphatic rings. The molecule has 1 aromatic carbocycles. The number of anilines is 1. The molecule has 8 heteroatoms. The second-order valence-electron chi connectivity index (χ2n) is 7.60. The van der Waals surface area contributed by atoms with Gasteiger partial charge in [-0.05, 0) is 42.5 Å². The number of carbonyl (C=O) groups is 1. The number of aliphatic imine (C=N–C) groups is 1. The lowest BCUT2D eigenvalue weighted by Gasteiger charge is -2.14. The largest absolute Gasteiger partial charge is 0.356 e. The molecule has 0 radical (unpaired) electrons. The lowest BCUT2D eigenvalue weighted by molar-refractivity contribution is -0.116. The fourth-order valence-corrected chi connectivity index (χ4v) is 3.80. The summed E-state index contributed by atoms with van der Waals surface area (Å²) in [7, 11) is 1.79. The number of guanidine groups is 1. The van der Waals surface area contributed by atoms with Gasteiger partial charge in [0, 0.05) is 38.2 Å². The summed E-state index contributed by atoms with van der Waals surface area (Å²) in [6, 6.07) is 9.64. The first-order valence-electron chi connectivity index (χ1n) is 10.5. The van der Waals surface area contributed by atoms with E-state index in [1.807, 2.05) is 24.3 Å². The number of nitrogens with one attached hydrogen (secondary N) is 3. The molecule has 1 fully saturated rings. The number of hydrogen-bond donors (Lipinski definition) is 3. The van der Waals surface area contributed by atoms with Crippen molar-refractivity contribution < 1.29 is 4.79 Å². The highest BCUT2D eigenvalue weighted by Gasteiger charge is 2.14. The summed E-state index contributed by atoms with van der Waals surface area (Å²) in [6.45, 7) is 1.79. The minimum absolute atomic E-state index is 0. The molecule has 1 aromatic heterocycles. The molecule has 164 valence electrons. The molecule has 30 heavy (non-hydrogen) atoms. The third-order valence-electron chi connectivity index (χ3n) is 5.32. The standard InChI is InChI=1S/C22H32N6O.HI/c1-23-22(24-12-5-10-18-7-2-3-8-18)25-16-19-9-4-11-20(15-19)27-21(29)17-28-14-6-13-26-28;/h4,6,9,11,13-15,18H,2-3,5,7-8,10,12,16-17H2,1H3,(H,27,29)(H2,23,24,25);1H. The Bertz CT molecular complexity index is 787. The smallest absolute Gasteiger partial charge is 0.246 e. The first kappa shape index (κ1) is 24.2. The molecule has 2 aromatic rings. The number of hydrogen-bond acceptors (Lipinski definition) is 3. The Labute approximate surface area is 196 Å². The fraction of sp³-hybridized carbons (Fsp3) is 0.500. The Kier molecular flexibility index (Phi) is 10.7. The third-order valence-corrected chi connectivity index (χ3v) is 5.32. The summed E-state index contributed by atoms with van der Waals surface area (Å²) in [5, 5.41) is 13.7. The van der Waals surface area contributed by atoms with Crippen LogP contribution in [0.5, 0.6) is 0 Å². The highest BCUT2D eigenvalue weighted by atomic mass is 127. The summed E-state index contributed by atoms with van der Waals surface area (Å²) in [5.74, 6) is 1.64. The number of nitrogens with zero attached hydrogens (tertiary/aromatic N) is 3. The first-order valence-corrected chi connectivity index (χ1v) is 10.5. The maximum atomic E-state index is 12.1. The number of rotatable bonds is 9. The van der Waals surface area contributed by atoms with Gasteiger partial charge in [0.1, 0.15) is 6.54 Å². The fourth-order valence-electron chi connectivity index (χ4n) is 3.80. The SMILES string of the molecule is CN=C(NCCCC1CCCC1)NCc1cccc(NC(=O)Cn2cccn2)c1.I. The van der Waals surface area contributed by atoms with Crippen LogP contribution in [0.3, 0.4) is 0 Å². The van der Waals surface area contributed by atoms with Crippen LogP contribution >= 0.6 is 24.0 Å². The number of benzene rings is 1. The molecule has 1 saturated carbocycles. The summed E-state index contributed by atoms with van der Waals surface area (Å²) < 4.78 is 1.60. The molecular formula is C22H33IN6O. The van der Waals surface area contributed by atoms with E-state index in [4.69, 9.17) is 0 Å². The van der Waals surface area contributed by atoms with Gasteiger partial charge in [0.25, 0.3) is 0 Å². The van der Waals surface area contributed by atoms with Crippen LogP contribution in [0.25, 0.3) is 0 Å². The molecule has 0 bridgehead atoms. The zero-order chi connectivity index (χ0) is 20.3. The zero-order valence-corrected chi connectivity index (χ0v) is 20.0. The van der Waals surface area contributed by atoms with E-state index in [1.54, 1.807) is 30.2 Å². The monoisotopic (exact) mass is 524 g/mol. The van der Waals surface area contributed by atoms with Crippen LogP contribution in [-0.4, -0.2) is 35.2 Å². The van der Waals surface area contributed by atoms with Gasteiger partial charge in [-0.15, -0.1) is 24.0 Å². The third kappa shape index (κ3) is 8.33. The van der Waals surface area contributed by atoms with Gasteiger partial charge in [-0.3, -0.25) is 14.5 Å². The van der Waals surface area contributed by atoms with Crippen molar-refractivity contribution in [2.75, 3.05) is 18.9 Å². The molecule has 1 aliphatic carbocycles. The van der Waals surface area contributed by atoms with E-state index < -0.39 is 0 Å². The van der Waals surface area contributed by atoms with Gasteiger partial charge in [0.2, 0.25) is 5.91 Å². The van der Waals surface area contributed by atoms with Gasteiger partial charge in [0.05, 0.1) is 0 Å². The topological polar surface area (TPSA) is 83.3 Å². The Morgan fingerprint density at radius 1 is 1.23 bits per heavy atom. The maximum Gasteiger partial charge on any atom is 0.246 e. The van der Waals surface area contributed by atoms with Gasteiger partial charge < -0.3 is 16.0 Å². The highest BCUT2D eigenvalue weighted by Crippen LogP contribution is 2.28. The molecule has 0 aliphatic heterocycles. The molecule has 0 unspecified atom stereocenters.